The van der Waals surface area contributed by atoms with Gasteiger partial charge in [0.1, 0.15) is 0 Å². The van der Waals surface area contributed by atoms with E-state index in [4.69, 9.17) is 5.73 Å². The average molecular weight is 275 g/mol. The van der Waals surface area contributed by atoms with Crippen molar-refractivity contribution < 1.29 is 17.2 Å². The summed E-state index contributed by atoms with van der Waals surface area (Å²) in [5, 5.41) is 0. The Morgan fingerprint density at radius 2 is 1.89 bits per heavy atom. The van der Waals surface area contributed by atoms with Gasteiger partial charge in [0, 0.05) is 0 Å². The summed E-state index contributed by atoms with van der Waals surface area (Å²) >= 11 is 0. The second-order valence-corrected chi connectivity index (χ2v) is 6.86. The third-order valence-electron chi connectivity index (χ3n) is 3.38. The number of halogens is 2. The Kier molecular flexibility index (Phi) is 3.42. The van der Waals surface area contributed by atoms with E-state index >= 15 is 0 Å². The number of hydrogen-bond donors (Lipinski definition) is 1. The number of rotatable bonds is 5. The summed E-state index contributed by atoms with van der Waals surface area (Å²) < 4.78 is 50.0. The molecule has 1 aliphatic rings. The van der Waals surface area contributed by atoms with Gasteiger partial charge in [-0.2, -0.15) is 0 Å². The van der Waals surface area contributed by atoms with Gasteiger partial charge < -0.3 is 5.73 Å². The van der Waals surface area contributed by atoms with Crippen LogP contribution in [0.25, 0.3) is 0 Å². The Bertz CT molecular complexity index is 553. The fourth-order valence-corrected chi connectivity index (χ4v) is 4.07. The number of nitrogens with two attached hydrogens (primary N) is 1. The number of benzene rings is 1. The predicted octanol–water partition coefficient (Wildman–Crippen LogP) is 1.87. The third-order valence-corrected chi connectivity index (χ3v) is 5.34. The highest BCUT2D eigenvalue weighted by molar-refractivity contribution is 7.91. The number of hydrogen-bond acceptors (Lipinski definition) is 3. The molecule has 1 saturated carbocycles. The molecule has 0 atom stereocenters. The lowest BCUT2D eigenvalue weighted by Crippen LogP contribution is -2.20. The number of sulfone groups is 1. The minimum atomic E-state index is -3.58. The first kappa shape index (κ1) is 13.4. The zero-order valence-corrected chi connectivity index (χ0v) is 10.6. The molecular weight excluding hydrogens is 260 g/mol. The van der Waals surface area contributed by atoms with Crippen LogP contribution in [0, 0.1) is 17.0 Å². The Morgan fingerprint density at radius 3 is 2.39 bits per heavy atom. The SMILES string of the molecule is NCCC1(CS(=O)(=O)c2ccc(F)c(F)c2)CC1. The molecule has 100 valence electrons. The summed E-state index contributed by atoms with van der Waals surface area (Å²) in [4.78, 5) is -0.162. The van der Waals surface area contributed by atoms with Crippen LogP contribution < -0.4 is 5.73 Å². The molecule has 1 aromatic rings. The van der Waals surface area contributed by atoms with Crippen LogP contribution in [0.4, 0.5) is 8.78 Å². The lowest BCUT2D eigenvalue weighted by atomic mass is 10.1. The summed E-state index contributed by atoms with van der Waals surface area (Å²) in [7, 11) is -3.58. The molecule has 0 bridgehead atoms. The maximum Gasteiger partial charge on any atom is 0.179 e. The van der Waals surface area contributed by atoms with Crippen molar-refractivity contribution in [1.29, 1.82) is 0 Å². The van der Waals surface area contributed by atoms with E-state index in [9.17, 15) is 17.2 Å². The average Bonchev–Trinajstić information content (AvgIpc) is 3.01. The van der Waals surface area contributed by atoms with Crippen LogP contribution in [0.5, 0.6) is 0 Å². The molecule has 0 saturated heterocycles. The van der Waals surface area contributed by atoms with Gasteiger partial charge in [0.05, 0.1) is 10.6 Å². The molecule has 0 radical (unpaired) electrons. The molecule has 3 nitrogen and oxygen atoms in total. The molecule has 2 N–H and O–H groups in total. The van der Waals surface area contributed by atoms with Crippen molar-refractivity contribution in [2.75, 3.05) is 12.3 Å². The maximum atomic E-state index is 13.0. The van der Waals surface area contributed by atoms with Gasteiger partial charge in [0.15, 0.2) is 21.5 Å². The Morgan fingerprint density at radius 1 is 1.22 bits per heavy atom. The highest BCUT2D eigenvalue weighted by Gasteiger charge is 2.45. The molecule has 2 rings (SSSR count). The van der Waals surface area contributed by atoms with Gasteiger partial charge in [-0.1, -0.05) is 0 Å². The lowest BCUT2D eigenvalue weighted by molar-refractivity contribution is 0.499. The lowest BCUT2D eigenvalue weighted by Gasteiger charge is -2.14. The van der Waals surface area contributed by atoms with Gasteiger partial charge in [-0.3, -0.25) is 0 Å². The smallest absolute Gasteiger partial charge is 0.179 e. The van der Waals surface area contributed by atoms with Crippen molar-refractivity contribution in [3.8, 4) is 0 Å². The quantitative estimate of drug-likeness (QED) is 0.834. The minimum Gasteiger partial charge on any atom is -0.330 e. The zero-order valence-electron chi connectivity index (χ0n) is 9.83. The fraction of sp³-hybridized carbons (Fsp3) is 0.500. The van der Waals surface area contributed by atoms with Gasteiger partial charge in [-0.15, -0.1) is 0 Å². The maximum absolute atomic E-state index is 13.0. The topological polar surface area (TPSA) is 60.2 Å². The first-order chi connectivity index (χ1) is 8.38. The van der Waals surface area contributed by atoms with Crippen molar-refractivity contribution in [3.63, 3.8) is 0 Å². The molecule has 6 heteroatoms. The summed E-state index contributed by atoms with van der Waals surface area (Å²) in [6.45, 7) is 0.438. The largest absolute Gasteiger partial charge is 0.330 e. The van der Waals surface area contributed by atoms with E-state index in [0.29, 0.717) is 13.0 Å². The van der Waals surface area contributed by atoms with E-state index in [0.717, 1.165) is 31.0 Å². The highest BCUT2D eigenvalue weighted by atomic mass is 32.2. The van der Waals surface area contributed by atoms with Crippen LogP contribution >= 0.6 is 0 Å². The molecule has 18 heavy (non-hydrogen) atoms. The molecule has 0 amide bonds. The Balaban J connectivity index is 2.23. The minimum absolute atomic E-state index is 0.0394. The second kappa shape index (κ2) is 4.59. The van der Waals surface area contributed by atoms with Crippen molar-refractivity contribution >= 4 is 9.84 Å². The van der Waals surface area contributed by atoms with Crippen LogP contribution in [0.3, 0.4) is 0 Å². The van der Waals surface area contributed by atoms with E-state index in [1.54, 1.807) is 0 Å². The van der Waals surface area contributed by atoms with Crippen molar-refractivity contribution in [2.24, 2.45) is 11.1 Å². The van der Waals surface area contributed by atoms with E-state index in [1.807, 2.05) is 0 Å². The van der Waals surface area contributed by atoms with Crippen LogP contribution in [0.2, 0.25) is 0 Å². The van der Waals surface area contributed by atoms with Crippen molar-refractivity contribution in [3.05, 3.63) is 29.8 Å². The van der Waals surface area contributed by atoms with Crippen molar-refractivity contribution in [2.45, 2.75) is 24.2 Å². The first-order valence-electron chi connectivity index (χ1n) is 5.76. The van der Waals surface area contributed by atoms with Crippen LogP contribution in [-0.4, -0.2) is 20.7 Å². The Labute approximate surface area is 105 Å². The summed E-state index contributed by atoms with van der Waals surface area (Å²) in [6.07, 6.45) is 2.30. The molecule has 0 heterocycles. The Hall–Kier alpha value is -1.01. The second-order valence-electron chi connectivity index (χ2n) is 4.87. The molecule has 0 unspecified atom stereocenters. The molecule has 0 aliphatic heterocycles. The summed E-state index contributed by atoms with van der Waals surface area (Å²) in [6, 6.07) is 2.68. The normalized spacial score (nSPS) is 17.7. The van der Waals surface area contributed by atoms with Crippen LogP contribution in [0.15, 0.2) is 23.1 Å². The predicted molar refractivity (Wildman–Crippen MR) is 63.7 cm³/mol. The van der Waals surface area contributed by atoms with Crippen molar-refractivity contribution in [1.82, 2.24) is 0 Å². The van der Waals surface area contributed by atoms with E-state index < -0.39 is 21.5 Å². The summed E-state index contributed by atoms with van der Waals surface area (Å²) in [5.41, 5.74) is 5.20. The summed E-state index contributed by atoms with van der Waals surface area (Å²) in [5.74, 6) is -2.22. The monoisotopic (exact) mass is 275 g/mol. The van der Waals surface area contributed by atoms with E-state index in [-0.39, 0.29) is 16.1 Å². The van der Waals surface area contributed by atoms with Gasteiger partial charge in [0.25, 0.3) is 0 Å². The highest BCUT2D eigenvalue weighted by Crippen LogP contribution is 2.50. The molecule has 0 aromatic heterocycles. The third kappa shape index (κ3) is 2.70. The van der Waals surface area contributed by atoms with Gasteiger partial charge >= 0.3 is 0 Å². The van der Waals surface area contributed by atoms with Crippen LogP contribution in [0.1, 0.15) is 19.3 Å². The molecular formula is C12H15F2NO2S. The van der Waals surface area contributed by atoms with E-state index in [1.165, 1.54) is 0 Å². The molecule has 0 spiro atoms. The van der Waals surface area contributed by atoms with Gasteiger partial charge in [0.2, 0.25) is 0 Å². The van der Waals surface area contributed by atoms with Crippen LogP contribution in [-0.2, 0) is 9.84 Å². The molecule has 1 aliphatic carbocycles. The zero-order chi connectivity index (χ0) is 13.4. The van der Waals surface area contributed by atoms with Gasteiger partial charge in [-0.05, 0) is 49.4 Å². The standard InChI is InChI=1S/C12H15F2NO2S/c13-10-2-1-9(7-11(10)14)18(16,17)8-12(3-4-12)5-6-15/h1-2,7H,3-6,8,15H2. The van der Waals surface area contributed by atoms with Gasteiger partial charge in [-0.25, -0.2) is 17.2 Å². The first-order valence-corrected chi connectivity index (χ1v) is 7.42. The molecule has 1 fully saturated rings. The van der Waals surface area contributed by atoms with E-state index in [2.05, 4.69) is 0 Å². The molecule has 1 aromatic carbocycles. The fourth-order valence-electron chi connectivity index (χ4n) is 2.11.